The molecule has 0 aliphatic rings. The van der Waals surface area contributed by atoms with Crippen LogP contribution in [0, 0.1) is 0 Å². The summed E-state index contributed by atoms with van der Waals surface area (Å²) in [6, 6.07) is -0.110. The van der Waals surface area contributed by atoms with E-state index in [1.54, 1.807) is 0 Å². The summed E-state index contributed by atoms with van der Waals surface area (Å²) in [5.41, 5.74) is 0. The van der Waals surface area contributed by atoms with Crippen molar-refractivity contribution in [2.24, 2.45) is 0 Å². The van der Waals surface area contributed by atoms with Crippen molar-refractivity contribution in [3.63, 3.8) is 0 Å². The van der Waals surface area contributed by atoms with Crippen molar-refractivity contribution in [3.05, 3.63) is 0 Å². The first kappa shape index (κ1) is 14.4. The van der Waals surface area contributed by atoms with Gasteiger partial charge >= 0.3 is 5.97 Å². The van der Waals surface area contributed by atoms with Gasteiger partial charge in [0.05, 0.1) is 7.11 Å². The van der Waals surface area contributed by atoms with Crippen molar-refractivity contribution >= 4 is 5.97 Å². The smallest absolute Gasteiger partial charge is 0.322 e. The van der Waals surface area contributed by atoms with Gasteiger partial charge in [0.25, 0.3) is 0 Å². The second-order valence-electron chi connectivity index (χ2n) is 3.84. The standard InChI is InChI=1S/C12H25NO2/c1-4-6-7-8-9-10-11(13-5-2)12(14)15-3/h11,13H,4-10H2,1-3H3. The highest BCUT2D eigenvalue weighted by Crippen LogP contribution is 2.08. The molecule has 0 bridgehead atoms. The largest absolute Gasteiger partial charge is 0.468 e. The lowest BCUT2D eigenvalue weighted by molar-refractivity contribution is -0.143. The fourth-order valence-corrected chi connectivity index (χ4v) is 1.64. The van der Waals surface area contributed by atoms with Gasteiger partial charge in [-0.25, -0.2) is 0 Å². The van der Waals surface area contributed by atoms with Gasteiger partial charge in [-0.05, 0) is 13.0 Å². The highest BCUT2D eigenvalue weighted by atomic mass is 16.5. The first-order chi connectivity index (χ1) is 7.26. The molecule has 0 heterocycles. The summed E-state index contributed by atoms with van der Waals surface area (Å²) >= 11 is 0. The molecule has 0 aliphatic heterocycles. The third-order valence-electron chi connectivity index (χ3n) is 2.53. The van der Waals surface area contributed by atoms with Crippen molar-refractivity contribution in [1.82, 2.24) is 5.32 Å². The molecule has 1 atom stereocenters. The third-order valence-corrected chi connectivity index (χ3v) is 2.53. The Hall–Kier alpha value is -0.570. The Morgan fingerprint density at radius 3 is 2.40 bits per heavy atom. The summed E-state index contributed by atoms with van der Waals surface area (Å²) in [6.45, 7) is 5.03. The van der Waals surface area contributed by atoms with E-state index in [1.165, 1.54) is 32.8 Å². The van der Waals surface area contributed by atoms with Gasteiger partial charge in [-0.1, -0.05) is 46.0 Å². The lowest BCUT2D eigenvalue weighted by Gasteiger charge is -2.14. The van der Waals surface area contributed by atoms with E-state index in [9.17, 15) is 4.79 Å². The van der Waals surface area contributed by atoms with Crippen LogP contribution in [0.1, 0.15) is 52.4 Å². The maximum absolute atomic E-state index is 11.3. The van der Waals surface area contributed by atoms with Crippen LogP contribution in [-0.4, -0.2) is 25.7 Å². The minimum atomic E-state index is -0.132. The number of rotatable bonds is 9. The lowest BCUT2D eigenvalue weighted by atomic mass is 10.1. The van der Waals surface area contributed by atoms with Crippen LogP contribution in [0.25, 0.3) is 0 Å². The second kappa shape index (κ2) is 9.97. The van der Waals surface area contributed by atoms with Crippen LogP contribution in [-0.2, 0) is 9.53 Å². The summed E-state index contributed by atoms with van der Waals surface area (Å²) < 4.78 is 4.74. The molecule has 1 unspecified atom stereocenters. The van der Waals surface area contributed by atoms with E-state index in [-0.39, 0.29) is 12.0 Å². The Labute approximate surface area is 93.6 Å². The van der Waals surface area contributed by atoms with Gasteiger partial charge in [0.15, 0.2) is 0 Å². The van der Waals surface area contributed by atoms with Gasteiger partial charge < -0.3 is 10.1 Å². The molecule has 0 aromatic rings. The van der Waals surface area contributed by atoms with Crippen molar-refractivity contribution in [2.45, 2.75) is 58.4 Å². The van der Waals surface area contributed by atoms with Gasteiger partial charge in [0, 0.05) is 0 Å². The molecule has 1 N–H and O–H groups in total. The maximum Gasteiger partial charge on any atom is 0.322 e. The Morgan fingerprint density at radius 2 is 1.87 bits per heavy atom. The molecule has 0 fully saturated rings. The van der Waals surface area contributed by atoms with E-state index in [0.29, 0.717) is 0 Å². The van der Waals surface area contributed by atoms with Crippen LogP contribution in [0.5, 0.6) is 0 Å². The van der Waals surface area contributed by atoms with Crippen LogP contribution in [0.4, 0.5) is 0 Å². The third kappa shape index (κ3) is 7.37. The molecule has 15 heavy (non-hydrogen) atoms. The van der Waals surface area contributed by atoms with E-state index in [1.807, 2.05) is 6.92 Å². The molecule has 0 radical (unpaired) electrons. The molecule has 0 aliphatic carbocycles. The molecular formula is C12H25NO2. The molecule has 0 aromatic heterocycles. The Bertz CT molecular complexity index is 160. The minimum absolute atomic E-state index is 0.110. The Morgan fingerprint density at radius 1 is 1.20 bits per heavy atom. The minimum Gasteiger partial charge on any atom is -0.468 e. The topological polar surface area (TPSA) is 38.3 Å². The first-order valence-electron chi connectivity index (χ1n) is 6.07. The molecule has 90 valence electrons. The predicted octanol–water partition coefficient (Wildman–Crippen LogP) is 2.50. The van der Waals surface area contributed by atoms with Gasteiger partial charge in [-0.2, -0.15) is 0 Å². The lowest BCUT2D eigenvalue weighted by Crippen LogP contribution is -2.37. The Balaban J connectivity index is 3.61. The van der Waals surface area contributed by atoms with E-state index in [0.717, 1.165) is 19.4 Å². The molecule has 0 amide bonds. The highest BCUT2D eigenvalue weighted by Gasteiger charge is 2.16. The summed E-state index contributed by atoms with van der Waals surface area (Å²) in [4.78, 5) is 11.3. The van der Waals surface area contributed by atoms with E-state index in [2.05, 4.69) is 12.2 Å². The predicted molar refractivity (Wildman–Crippen MR) is 62.9 cm³/mol. The normalized spacial score (nSPS) is 12.5. The van der Waals surface area contributed by atoms with Gasteiger partial charge in [0.2, 0.25) is 0 Å². The average molecular weight is 215 g/mol. The van der Waals surface area contributed by atoms with E-state index >= 15 is 0 Å². The number of ether oxygens (including phenoxy) is 1. The fraction of sp³-hybridized carbons (Fsp3) is 0.917. The zero-order chi connectivity index (χ0) is 11.5. The molecule has 0 spiro atoms. The number of likely N-dealkylation sites (N-methyl/N-ethyl adjacent to an activating group) is 1. The van der Waals surface area contributed by atoms with Crippen LogP contribution in [0.3, 0.4) is 0 Å². The Kier molecular flexibility index (Phi) is 9.59. The molecule has 0 saturated carbocycles. The van der Waals surface area contributed by atoms with Crippen molar-refractivity contribution in [1.29, 1.82) is 0 Å². The van der Waals surface area contributed by atoms with Crippen molar-refractivity contribution in [3.8, 4) is 0 Å². The van der Waals surface area contributed by atoms with Crippen molar-refractivity contribution < 1.29 is 9.53 Å². The summed E-state index contributed by atoms with van der Waals surface area (Å²) in [5.74, 6) is -0.132. The average Bonchev–Trinajstić information content (AvgIpc) is 2.26. The number of carbonyl (C=O) groups excluding carboxylic acids is 1. The molecule has 0 saturated heterocycles. The monoisotopic (exact) mass is 215 g/mol. The fourth-order valence-electron chi connectivity index (χ4n) is 1.64. The summed E-state index contributed by atoms with van der Waals surface area (Å²) in [5, 5.41) is 3.15. The van der Waals surface area contributed by atoms with Crippen LogP contribution in [0.15, 0.2) is 0 Å². The number of esters is 1. The molecule has 0 aromatic carbocycles. The van der Waals surface area contributed by atoms with E-state index < -0.39 is 0 Å². The molecular weight excluding hydrogens is 190 g/mol. The highest BCUT2D eigenvalue weighted by molar-refractivity contribution is 5.75. The number of carbonyl (C=O) groups is 1. The number of unbranched alkanes of at least 4 members (excludes halogenated alkanes) is 4. The number of hydrogen-bond donors (Lipinski definition) is 1. The van der Waals surface area contributed by atoms with Gasteiger partial charge in [-0.15, -0.1) is 0 Å². The summed E-state index contributed by atoms with van der Waals surface area (Å²) in [6.07, 6.45) is 7.04. The van der Waals surface area contributed by atoms with Crippen LogP contribution in [0.2, 0.25) is 0 Å². The molecule has 3 heteroatoms. The van der Waals surface area contributed by atoms with Crippen molar-refractivity contribution in [2.75, 3.05) is 13.7 Å². The van der Waals surface area contributed by atoms with Crippen LogP contribution < -0.4 is 5.32 Å². The van der Waals surface area contributed by atoms with Crippen LogP contribution >= 0.6 is 0 Å². The summed E-state index contributed by atoms with van der Waals surface area (Å²) in [7, 11) is 1.45. The number of methoxy groups -OCH3 is 1. The molecule has 3 nitrogen and oxygen atoms in total. The van der Waals surface area contributed by atoms with Gasteiger partial charge in [-0.3, -0.25) is 4.79 Å². The van der Waals surface area contributed by atoms with E-state index in [4.69, 9.17) is 4.74 Å². The van der Waals surface area contributed by atoms with Gasteiger partial charge in [0.1, 0.15) is 6.04 Å². The maximum atomic E-state index is 11.3. The first-order valence-corrected chi connectivity index (χ1v) is 6.07. The zero-order valence-electron chi connectivity index (χ0n) is 10.3. The number of nitrogens with one attached hydrogen (secondary N) is 1. The SMILES string of the molecule is CCCCCCCC(NCC)C(=O)OC. The second-order valence-corrected chi connectivity index (χ2v) is 3.84. The zero-order valence-corrected chi connectivity index (χ0v) is 10.3. The number of hydrogen-bond acceptors (Lipinski definition) is 3. The quantitative estimate of drug-likeness (QED) is 0.474. The molecule has 0 rings (SSSR count).